The van der Waals surface area contributed by atoms with Crippen LogP contribution in [-0.4, -0.2) is 35.3 Å². The van der Waals surface area contributed by atoms with Crippen LogP contribution in [0.4, 0.5) is 0 Å². The minimum absolute atomic E-state index is 0.141. The lowest BCUT2D eigenvalue weighted by Crippen LogP contribution is -2.19. The second-order valence-corrected chi connectivity index (χ2v) is 5.70. The molecule has 5 heteroatoms. The predicted octanol–water partition coefficient (Wildman–Crippen LogP) is 2.33. The molecule has 0 radical (unpaired) electrons. The van der Waals surface area contributed by atoms with Gasteiger partial charge in [-0.2, -0.15) is 0 Å². The van der Waals surface area contributed by atoms with Crippen molar-refractivity contribution in [3.05, 3.63) is 42.0 Å². The maximum absolute atomic E-state index is 11.6. The van der Waals surface area contributed by atoms with Gasteiger partial charge in [0.1, 0.15) is 11.0 Å². The summed E-state index contributed by atoms with van der Waals surface area (Å²) in [5.41, 5.74) is 0.803. The molecule has 1 aliphatic rings. The largest absolute Gasteiger partial charge is 0.497 e. The number of rotatable bonds is 5. The van der Waals surface area contributed by atoms with Gasteiger partial charge >= 0.3 is 5.97 Å². The topological polar surface area (TPSA) is 55.8 Å². The number of hydrogen-bond acceptors (Lipinski definition) is 5. The molecule has 4 nitrogen and oxygen atoms in total. The lowest BCUT2D eigenvalue weighted by Gasteiger charge is -2.18. The first-order valence-electron chi connectivity index (χ1n) is 6.48. The average molecular weight is 294 g/mol. The fourth-order valence-electron chi connectivity index (χ4n) is 2.00. The molecule has 3 unspecified atom stereocenters. The van der Waals surface area contributed by atoms with E-state index in [1.807, 2.05) is 30.3 Å². The van der Waals surface area contributed by atoms with E-state index in [1.54, 1.807) is 20.1 Å². The highest BCUT2D eigenvalue weighted by Gasteiger charge is 2.31. The van der Waals surface area contributed by atoms with E-state index in [-0.39, 0.29) is 16.5 Å². The van der Waals surface area contributed by atoms with Crippen LogP contribution in [0.2, 0.25) is 0 Å². The molecular formula is C15H18O4S. The number of methoxy groups -OCH3 is 1. The number of hydrogen-bond donors (Lipinski definition) is 1. The van der Waals surface area contributed by atoms with E-state index in [2.05, 4.69) is 0 Å². The van der Waals surface area contributed by atoms with Crippen molar-refractivity contribution in [2.75, 3.05) is 13.7 Å². The van der Waals surface area contributed by atoms with Crippen molar-refractivity contribution in [1.82, 2.24) is 0 Å². The zero-order valence-electron chi connectivity index (χ0n) is 11.5. The van der Waals surface area contributed by atoms with E-state index in [0.29, 0.717) is 6.61 Å². The molecule has 0 saturated carbocycles. The van der Waals surface area contributed by atoms with Gasteiger partial charge in [0.05, 0.1) is 25.1 Å². The van der Waals surface area contributed by atoms with E-state index in [4.69, 9.17) is 9.47 Å². The Morgan fingerprint density at radius 2 is 2.05 bits per heavy atom. The molecule has 1 aromatic carbocycles. The number of benzene rings is 1. The standard InChI is InChI=1S/C15H18O4S/c1-3-19-15(17)13-9-8-12(20-13)14(16)10-4-6-11(18-2)7-5-10/h4-9,12-14,16H,3H2,1-2H3. The van der Waals surface area contributed by atoms with Crippen LogP contribution in [0, 0.1) is 0 Å². The quantitative estimate of drug-likeness (QED) is 0.667. The van der Waals surface area contributed by atoms with Crippen molar-refractivity contribution in [2.45, 2.75) is 23.5 Å². The number of ether oxygens (including phenoxy) is 2. The molecule has 0 aliphatic carbocycles. The highest BCUT2D eigenvalue weighted by Crippen LogP contribution is 2.36. The maximum atomic E-state index is 11.6. The van der Waals surface area contributed by atoms with E-state index >= 15 is 0 Å². The summed E-state index contributed by atoms with van der Waals surface area (Å²) >= 11 is 1.40. The SMILES string of the molecule is CCOC(=O)C1C=CC(C(O)c2ccc(OC)cc2)S1. The summed E-state index contributed by atoms with van der Waals surface area (Å²) < 4.78 is 10.1. The van der Waals surface area contributed by atoms with Crippen LogP contribution < -0.4 is 4.74 Å². The van der Waals surface area contributed by atoms with Crippen LogP contribution in [0.5, 0.6) is 5.75 Å². The molecule has 1 aliphatic heterocycles. The van der Waals surface area contributed by atoms with Crippen molar-refractivity contribution in [3.63, 3.8) is 0 Å². The van der Waals surface area contributed by atoms with Crippen molar-refractivity contribution in [2.24, 2.45) is 0 Å². The molecular weight excluding hydrogens is 276 g/mol. The Morgan fingerprint density at radius 3 is 2.65 bits per heavy atom. The minimum Gasteiger partial charge on any atom is -0.497 e. The van der Waals surface area contributed by atoms with Gasteiger partial charge in [-0.3, -0.25) is 4.79 Å². The zero-order valence-corrected chi connectivity index (χ0v) is 12.3. The first-order valence-corrected chi connectivity index (χ1v) is 7.42. The second-order valence-electron chi connectivity index (χ2n) is 4.38. The molecule has 108 valence electrons. The Balaban J connectivity index is 1.98. The van der Waals surface area contributed by atoms with E-state index < -0.39 is 6.10 Å². The molecule has 0 fully saturated rings. The Bertz CT molecular complexity index is 483. The van der Waals surface area contributed by atoms with E-state index in [9.17, 15) is 9.90 Å². The number of aliphatic hydroxyl groups excluding tert-OH is 1. The summed E-state index contributed by atoms with van der Waals surface area (Å²) in [6.07, 6.45) is 3.00. The summed E-state index contributed by atoms with van der Waals surface area (Å²) in [5, 5.41) is 9.88. The van der Waals surface area contributed by atoms with Gasteiger partial charge in [0, 0.05) is 0 Å². The third-order valence-electron chi connectivity index (χ3n) is 3.07. The third kappa shape index (κ3) is 3.35. The smallest absolute Gasteiger partial charge is 0.322 e. The summed E-state index contributed by atoms with van der Waals surface area (Å²) in [7, 11) is 1.60. The fourth-order valence-corrected chi connectivity index (χ4v) is 3.19. The number of carbonyl (C=O) groups excluding carboxylic acids is 1. The molecule has 1 heterocycles. The van der Waals surface area contributed by atoms with Crippen LogP contribution >= 0.6 is 11.8 Å². The summed E-state index contributed by atoms with van der Waals surface area (Å²) in [6, 6.07) is 7.28. The van der Waals surface area contributed by atoms with Crippen molar-refractivity contribution in [1.29, 1.82) is 0 Å². The monoisotopic (exact) mass is 294 g/mol. The highest BCUT2D eigenvalue weighted by atomic mass is 32.2. The molecule has 3 atom stereocenters. The first-order chi connectivity index (χ1) is 9.65. The van der Waals surface area contributed by atoms with Crippen LogP contribution in [0.15, 0.2) is 36.4 Å². The Labute approximate surface area is 122 Å². The summed E-state index contributed by atoms with van der Waals surface area (Å²) in [5.74, 6) is 0.498. The second kappa shape index (κ2) is 6.81. The van der Waals surface area contributed by atoms with Crippen LogP contribution in [0.1, 0.15) is 18.6 Å². The first kappa shape index (κ1) is 14.9. The van der Waals surface area contributed by atoms with Crippen molar-refractivity contribution < 1.29 is 19.4 Å². The van der Waals surface area contributed by atoms with Gasteiger partial charge in [-0.15, -0.1) is 11.8 Å². The zero-order chi connectivity index (χ0) is 14.5. The molecule has 0 amide bonds. The van der Waals surface area contributed by atoms with E-state index in [0.717, 1.165) is 11.3 Å². The molecule has 0 bridgehead atoms. The van der Waals surface area contributed by atoms with Crippen LogP contribution in [0.25, 0.3) is 0 Å². The van der Waals surface area contributed by atoms with Gasteiger partial charge in [-0.1, -0.05) is 24.3 Å². The van der Waals surface area contributed by atoms with Crippen LogP contribution in [-0.2, 0) is 9.53 Å². The minimum atomic E-state index is -0.651. The van der Waals surface area contributed by atoms with Crippen LogP contribution in [0.3, 0.4) is 0 Å². The van der Waals surface area contributed by atoms with E-state index in [1.165, 1.54) is 11.8 Å². The number of aliphatic hydroxyl groups is 1. The summed E-state index contributed by atoms with van der Waals surface area (Å²) in [4.78, 5) is 11.6. The van der Waals surface area contributed by atoms with Crippen molar-refractivity contribution in [3.8, 4) is 5.75 Å². The van der Waals surface area contributed by atoms with Gasteiger partial charge in [0.25, 0.3) is 0 Å². The third-order valence-corrected chi connectivity index (χ3v) is 4.44. The maximum Gasteiger partial charge on any atom is 0.322 e. The van der Waals surface area contributed by atoms with Crippen molar-refractivity contribution >= 4 is 17.7 Å². The van der Waals surface area contributed by atoms with Gasteiger partial charge in [0.15, 0.2) is 0 Å². The fraction of sp³-hybridized carbons (Fsp3) is 0.400. The molecule has 0 aromatic heterocycles. The lowest BCUT2D eigenvalue weighted by molar-refractivity contribution is -0.141. The average Bonchev–Trinajstić information content (AvgIpc) is 2.97. The Kier molecular flexibility index (Phi) is 5.09. The van der Waals surface area contributed by atoms with Gasteiger partial charge < -0.3 is 14.6 Å². The molecule has 2 rings (SSSR count). The Hall–Kier alpha value is -1.46. The van der Waals surface area contributed by atoms with Gasteiger partial charge in [0.2, 0.25) is 0 Å². The predicted molar refractivity (Wildman–Crippen MR) is 78.9 cm³/mol. The Morgan fingerprint density at radius 1 is 1.35 bits per heavy atom. The number of esters is 1. The number of carbonyl (C=O) groups is 1. The molecule has 0 spiro atoms. The molecule has 1 aromatic rings. The number of thioether (sulfide) groups is 1. The van der Waals surface area contributed by atoms with Gasteiger partial charge in [-0.05, 0) is 24.6 Å². The highest BCUT2D eigenvalue weighted by molar-refractivity contribution is 8.01. The van der Waals surface area contributed by atoms with Gasteiger partial charge in [-0.25, -0.2) is 0 Å². The molecule has 20 heavy (non-hydrogen) atoms. The summed E-state index contributed by atoms with van der Waals surface area (Å²) in [6.45, 7) is 2.15. The molecule has 0 saturated heterocycles. The molecule has 1 N–H and O–H groups in total. The normalized spacial score (nSPS) is 22.6. The lowest BCUT2D eigenvalue weighted by atomic mass is 10.1.